The summed E-state index contributed by atoms with van der Waals surface area (Å²) in [7, 11) is 0. The Morgan fingerprint density at radius 3 is 2.84 bits per heavy atom. The molecular formula is C18H17ClF2N2O2. The highest BCUT2D eigenvalue weighted by molar-refractivity contribution is 6.32. The van der Waals surface area contributed by atoms with Crippen molar-refractivity contribution in [2.45, 2.75) is 19.4 Å². The van der Waals surface area contributed by atoms with Gasteiger partial charge in [0.1, 0.15) is 18.2 Å². The summed E-state index contributed by atoms with van der Waals surface area (Å²) in [6.45, 7) is 0.942. The van der Waals surface area contributed by atoms with Crippen molar-refractivity contribution in [2.75, 3.05) is 18.1 Å². The number of nitrogens with zero attached hydrogens (tertiary/aromatic N) is 1. The summed E-state index contributed by atoms with van der Waals surface area (Å²) in [5.74, 6) is -0.397. The van der Waals surface area contributed by atoms with Crippen molar-refractivity contribution >= 4 is 23.2 Å². The molecule has 1 atom stereocenters. The van der Waals surface area contributed by atoms with Crippen LogP contribution in [0.5, 0.6) is 11.5 Å². The largest absolute Gasteiger partial charge is 0.453 e. The Hall–Kier alpha value is -2.18. The van der Waals surface area contributed by atoms with Crippen LogP contribution in [0.1, 0.15) is 11.1 Å². The van der Waals surface area contributed by atoms with E-state index in [2.05, 4.69) is 0 Å². The minimum Gasteiger partial charge on any atom is -0.453 e. The first-order chi connectivity index (χ1) is 11.9. The fourth-order valence-corrected chi connectivity index (χ4v) is 3.06. The predicted octanol–water partition coefficient (Wildman–Crippen LogP) is 3.77. The first-order valence-corrected chi connectivity index (χ1v) is 8.18. The smallest absolute Gasteiger partial charge is 0.244 e. The number of fused-ring (bicyclic) bond motifs is 1. The summed E-state index contributed by atoms with van der Waals surface area (Å²) in [6, 6.07) is 6.70. The molecule has 0 unspecified atom stereocenters. The molecule has 0 aromatic heterocycles. The van der Waals surface area contributed by atoms with Crippen LogP contribution in [0.15, 0.2) is 30.3 Å². The number of alkyl halides is 1. The molecule has 2 N–H and O–H groups in total. The zero-order valence-corrected chi connectivity index (χ0v) is 14.3. The van der Waals surface area contributed by atoms with Crippen LogP contribution in [0, 0.1) is 12.7 Å². The topological polar surface area (TPSA) is 55.6 Å². The van der Waals surface area contributed by atoms with E-state index in [1.165, 1.54) is 17.0 Å². The molecule has 3 rings (SSSR count). The number of benzene rings is 2. The molecule has 0 fully saturated rings. The number of rotatable bonds is 4. The Labute approximate surface area is 149 Å². The van der Waals surface area contributed by atoms with Gasteiger partial charge in [-0.15, -0.1) is 0 Å². The predicted molar refractivity (Wildman–Crippen MR) is 92.7 cm³/mol. The van der Waals surface area contributed by atoms with Gasteiger partial charge >= 0.3 is 0 Å². The zero-order chi connectivity index (χ0) is 18.1. The first-order valence-electron chi connectivity index (χ1n) is 7.80. The molecule has 25 heavy (non-hydrogen) atoms. The van der Waals surface area contributed by atoms with Crippen molar-refractivity contribution in [1.29, 1.82) is 0 Å². The van der Waals surface area contributed by atoms with Gasteiger partial charge in [0.25, 0.3) is 0 Å². The number of ether oxygens (including phenoxy) is 1. The Balaban J connectivity index is 2.13. The maximum atomic E-state index is 13.5. The van der Waals surface area contributed by atoms with Gasteiger partial charge in [0.05, 0.1) is 23.3 Å². The molecule has 0 spiro atoms. The SMILES string of the molecule is Cc1ccc2c(c1Oc1cc(F)ccc1Cl)N(CCF)C(=O)[C@H](N)C2. The zero-order valence-electron chi connectivity index (χ0n) is 13.6. The molecule has 4 nitrogen and oxygen atoms in total. The van der Waals surface area contributed by atoms with E-state index in [1.54, 1.807) is 6.92 Å². The Morgan fingerprint density at radius 1 is 1.36 bits per heavy atom. The average molecular weight is 367 g/mol. The van der Waals surface area contributed by atoms with E-state index in [-0.39, 0.29) is 23.2 Å². The molecule has 7 heteroatoms. The van der Waals surface area contributed by atoms with Crippen molar-refractivity contribution in [2.24, 2.45) is 5.73 Å². The normalized spacial score (nSPS) is 16.8. The maximum absolute atomic E-state index is 13.5. The van der Waals surface area contributed by atoms with Crippen LogP contribution in [0.4, 0.5) is 14.5 Å². The lowest BCUT2D eigenvalue weighted by molar-refractivity contribution is -0.120. The Morgan fingerprint density at radius 2 is 2.12 bits per heavy atom. The number of halogens is 3. The van der Waals surface area contributed by atoms with Gasteiger partial charge in [-0.1, -0.05) is 23.7 Å². The van der Waals surface area contributed by atoms with Gasteiger partial charge in [0, 0.05) is 6.07 Å². The maximum Gasteiger partial charge on any atom is 0.244 e. The summed E-state index contributed by atoms with van der Waals surface area (Å²) in [4.78, 5) is 13.7. The minimum absolute atomic E-state index is 0.126. The lowest BCUT2D eigenvalue weighted by Crippen LogP contribution is -2.49. The van der Waals surface area contributed by atoms with Gasteiger partial charge in [0.15, 0.2) is 5.75 Å². The van der Waals surface area contributed by atoms with Crippen LogP contribution in [0.25, 0.3) is 0 Å². The second-order valence-corrected chi connectivity index (χ2v) is 6.29. The van der Waals surface area contributed by atoms with Crippen molar-refractivity contribution in [1.82, 2.24) is 0 Å². The molecule has 132 valence electrons. The third kappa shape index (κ3) is 3.32. The highest BCUT2D eigenvalue weighted by Crippen LogP contribution is 2.42. The number of nitrogens with two attached hydrogens (primary N) is 1. The van der Waals surface area contributed by atoms with Crippen LogP contribution in [0.3, 0.4) is 0 Å². The van der Waals surface area contributed by atoms with Crippen LogP contribution in [-0.2, 0) is 11.2 Å². The monoisotopic (exact) mass is 366 g/mol. The van der Waals surface area contributed by atoms with E-state index >= 15 is 0 Å². The fourth-order valence-electron chi connectivity index (χ4n) is 2.91. The van der Waals surface area contributed by atoms with E-state index in [1.807, 2.05) is 12.1 Å². The van der Waals surface area contributed by atoms with Crippen LogP contribution in [-0.4, -0.2) is 25.2 Å². The van der Waals surface area contributed by atoms with E-state index in [9.17, 15) is 13.6 Å². The van der Waals surface area contributed by atoms with Crippen LogP contribution < -0.4 is 15.4 Å². The van der Waals surface area contributed by atoms with Gasteiger partial charge in [0.2, 0.25) is 5.91 Å². The lowest BCUT2D eigenvalue weighted by Gasteiger charge is -2.34. The molecule has 1 aliphatic heterocycles. The molecule has 0 saturated heterocycles. The molecule has 0 bridgehead atoms. The van der Waals surface area contributed by atoms with E-state index in [0.717, 1.165) is 11.6 Å². The summed E-state index contributed by atoms with van der Waals surface area (Å²) >= 11 is 6.08. The molecule has 2 aromatic rings. The Bertz CT molecular complexity index is 829. The van der Waals surface area contributed by atoms with E-state index in [0.29, 0.717) is 23.4 Å². The number of carbonyl (C=O) groups is 1. The van der Waals surface area contributed by atoms with Gasteiger partial charge in [-0.05, 0) is 36.6 Å². The number of amides is 1. The van der Waals surface area contributed by atoms with E-state index < -0.39 is 18.5 Å². The standard InChI is InChI=1S/C18H17ClF2N2O2/c1-10-2-3-11-8-14(22)18(24)23(7-6-20)16(11)17(10)25-15-9-12(21)4-5-13(15)19/h2-5,9,14H,6-8,22H2,1H3/t14-/m1/s1. The van der Waals surface area contributed by atoms with Crippen LogP contribution >= 0.6 is 11.6 Å². The van der Waals surface area contributed by atoms with Gasteiger partial charge in [-0.25, -0.2) is 8.78 Å². The third-order valence-electron chi connectivity index (χ3n) is 4.12. The second-order valence-electron chi connectivity index (χ2n) is 5.89. The molecular weight excluding hydrogens is 350 g/mol. The highest BCUT2D eigenvalue weighted by Gasteiger charge is 2.33. The highest BCUT2D eigenvalue weighted by atomic mass is 35.5. The molecule has 0 radical (unpaired) electrons. The van der Waals surface area contributed by atoms with Crippen molar-refractivity contribution in [3.8, 4) is 11.5 Å². The first kappa shape index (κ1) is 17.6. The Kier molecular flexibility index (Phi) is 4.92. The molecule has 0 saturated carbocycles. The average Bonchev–Trinajstić information content (AvgIpc) is 2.58. The quantitative estimate of drug-likeness (QED) is 0.896. The summed E-state index contributed by atoms with van der Waals surface area (Å²) in [6.07, 6.45) is 0.324. The number of anilines is 1. The third-order valence-corrected chi connectivity index (χ3v) is 4.43. The molecule has 1 aliphatic rings. The van der Waals surface area contributed by atoms with Crippen molar-refractivity contribution < 1.29 is 18.3 Å². The number of aryl methyl sites for hydroxylation is 1. The van der Waals surface area contributed by atoms with Crippen molar-refractivity contribution in [3.63, 3.8) is 0 Å². The second kappa shape index (κ2) is 6.98. The molecule has 1 amide bonds. The van der Waals surface area contributed by atoms with Crippen LogP contribution in [0.2, 0.25) is 5.02 Å². The number of carbonyl (C=O) groups excluding carboxylic acids is 1. The fraction of sp³-hybridized carbons (Fsp3) is 0.278. The van der Waals surface area contributed by atoms with E-state index in [4.69, 9.17) is 22.1 Å². The van der Waals surface area contributed by atoms with Gasteiger partial charge < -0.3 is 15.4 Å². The molecule has 1 heterocycles. The van der Waals surface area contributed by atoms with Gasteiger partial charge in [-0.2, -0.15) is 0 Å². The summed E-state index contributed by atoms with van der Waals surface area (Å²) < 4.78 is 32.4. The van der Waals surface area contributed by atoms with Crippen molar-refractivity contribution in [3.05, 3.63) is 52.3 Å². The summed E-state index contributed by atoms with van der Waals surface area (Å²) in [5.41, 5.74) is 7.82. The lowest BCUT2D eigenvalue weighted by atomic mass is 9.95. The number of hydrogen-bond acceptors (Lipinski definition) is 3. The van der Waals surface area contributed by atoms with Gasteiger partial charge in [-0.3, -0.25) is 4.79 Å². The number of hydrogen-bond donors (Lipinski definition) is 1. The minimum atomic E-state index is -0.729. The summed E-state index contributed by atoms with van der Waals surface area (Å²) in [5, 5.41) is 0.231. The molecule has 0 aliphatic carbocycles. The molecule has 2 aromatic carbocycles.